The van der Waals surface area contributed by atoms with Gasteiger partial charge in [0.1, 0.15) is 5.75 Å². The quantitative estimate of drug-likeness (QED) is 0.748. The second kappa shape index (κ2) is 9.40. The van der Waals surface area contributed by atoms with Gasteiger partial charge < -0.3 is 15.0 Å². The molecule has 1 aliphatic heterocycles. The van der Waals surface area contributed by atoms with Crippen molar-refractivity contribution < 1.29 is 9.53 Å². The Morgan fingerprint density at radius 2 is 1.86 bits per heavy atom. The minimum Gasteiger partial charge on any atom is -0.494 e. The van der Waals surface area contributed by atoms with Crippen LogP contribution in [0.15, 0.2) is 30.3 Å². The summed E-state index contributed by atoms with van der Waals surface area (Å²) in [4.78, 5) is 13.9. The smallest absolute Gasteiger partial charge is 0.223 e. The number of carbonyl (C=O) groups is 1. The normalized spacial score (nSPS) is 15.0. The number of para-hydroxylation sites is 1. The van der Waals surface area contributed by atoms with Crippen molar-refractivity contribution in [2.45, 2.75) is 32.1 Å². The molecule has 0 atom stereocenters. The summed E-state index contributed by atoms with van der Waals surface area (Å²) in [7, 11) is 0. The van der Waals surface area contributed by atoms with Crippen LogP contribution >= 0.6 is 0 Å². The number of benzene rings is 1. The minimum absolute atomic E-state index is 0.294. The lowest BCUT2D eigenvalue weighted by Gasteiger charge is -2.26. The lowest BCUT2D eigenvalue weighted by Crippen LogP contribution is -2.37. The van der Waals surface area contributed by atoms with Gasteiger partial charge in [-0.1, -0.05) is 18.2 Å². The molecule has 0 unspecified atom stereocenters. The number of piperidine rings is 1. The molecule has 4 nitrogen and oxygen atoms in total. The summed E-state index contributed by atoms with van der Waals surface area (Å²) >= 11 is 0. The number of likely N-dealkylation sites (tertiary alicyclic amines) is 1. The predicted octanol–water partition coefficient (Wildman–Crippen LogP) is 2.45. The van der Waals surface area contributed by atoms with Crippen LogP contribution in [0.5, 0.6) is 5.75 Å². The topological polar surface area (TPSA) is 41.6 Å². The first-order valence-corrected chi connectivity index (χ1v) is 8.02. The molecule has 1 amide bonds. The van der Waals surface area contributed by atoms with E-state index >= 15 is 0 Å². The molecule has 1 heterocycles. The highest BCUT2D eigenvalue weighted by Crippen LogP contribution is 2.09. The summed E-state index contributed by atoms with van der Waals surface area (Å²) in [6, 6.07) is 9.85. The summed E-state index contributed by atoms with van der Waals surface area (Å²) in [6.45, 7) is 4.26. The van der Waals surface area contributed by atoms with E-state index in [0.717, 1.165) is 51.2 Å². The lowest BCUT2D eigenvalue weighted by atomic mass is 10.1. The first kappa shape index (κ1) is 15.8. The molecule has 0 aromatic heterocycles. The highest BCUT2D eigenvalue weighted by Gasteiger charge is 2.15. The van der Waals surface area contributed by atoms with Gasteiger partial charge in [-0.3, -0.25) is 4.79 Å². The van der Waals surface area contributed by atoms with Crippen LogP contribution in [-0.2, 0) is 4.79 Å². The summed E-state index contributed by atoms with van der Waals surface area (Å²) in [5.74, 6) is 1.21. The Morgan fingerprint density at radius 3 is 2.62 bits per heavy atom. The van der Waals surface area contributed by atoms with Gasteiger partial charge in [-0.2, -0.15) is 0 Å². The molecule has 1 aromatic carbocycles. The van der Waals surface area contributed by atoms with E-state index < -0.39 is 0 Å². The maximum atomic E-state index is 11.9. The molecule has 1 saturated heterocycles. The molecule has 116 valence electrons. The third-order valence-electron chi connectivity index (χ3n) is 3.73. The fourth-order valence-electron chi connectivity index (χ4n) is 2.53. The van der Waals surface area contributed by atoms with E-state index in [9.17, 15) is 4.79 Å². The molecule has 1 aliphatic rings. The van der Waals surface area contributed by atoms with Crippen molar-refractivity contribution in [3.63, 3.8) is 0 Å². The average Bonchev–Trinajstić information content (AvgIpc) is 2.55. The van der Waals surface area contributed by atoms with Crippen LogP contribution in [0.3, 0.4) is 0 Å². The van der Waals surface area contributed by atoms with Gasteiger partial charge in [-0.25, -0.2) is 0 Å². The number of amides is 1. The van der Waals surface area contributed by atoms with Gasteiger partial charge in [0.2, 0.25) is 5.91 Å². The SMILES string of the molecule is O=C(CCNCCCOc1ccccc1)N1CCCCC1. The summed E-state index contributed by atoms with van der Waals surface area (Å²) in [5, 5.41) is 3.31. The summed E-state index contributed by atoms with van der Waals surface area (Å²) in [6.07, 6.45) is 5.15. The van der Waals surface area contributed by atoms with Gasteiger partial charge in [0, 0.05) is 26.1 Å². The Balaban J connectivity index is 1.45. The van der Waals surface area contributed by atoms with Crippen LogP contribution in [0, 0.1) is 0 Å². The third kappa shape index (κ3) is 6.17. The van der Waals surface area contributed by atoms with E-state index in [1.807, 2.05) is 35.2 Å². The molecule has 1 aromatic rings. The lowest BCUT2D eigenvalue weighted by molar-refractivity contribution is -0.131. The highest BCUT2D eigenvalue weighted by molar-refractivity contribution is 5.76. The van der Waals surface area contributed by atoms with E-state index in [-0.39, 0.29) is 0 Å². The molecule has 0 aliphatic carbocycles. The Morgan fingerprint density at radius 1 is 1.10 bits per heavy atom. The second-order valence-corrected chi connectivity index (χ2v) is 5.46. The maximum absolute atomic E-state index is 11.9. The Bertz CT molecular complexity index is 403. The van der Waals surface area contributed by atoms with Gasteiger partial charge in [0.05, 0.1) is 6.61 Å². The first-order chi connectivity index (χ1) is 10.4. The van der Waals surface area contributed by atoms with Gasteiger partial charge in [0.15, 0.2) is 0 Å². The van der Waals surface area contributed by atoms with Crippen molar-refractivity contribution in [2.24, 2.45) is 0 Å². The van der Waals surface area contributed by atoms with Gasteiger partial charge in [-0.15, -0.1) is 0 Å². The van der Waals surface area contributed by atoms with Crippen LogP contribution in [0.25, 0.3) is 0 Å². The number of nitrogens with one attached hydrogen (secondary N) is 1. The molecule has 2 rings (SSSR count). The minimum atomic E-state index is 0.294. The monoisotopic (exact) mass is 290 g/mol. The van der Waals surface area contributed by atoms with Crippen LogP contribution in [-0.4, -0.2) is 43.6 Å². The van der Waals surface area contributed by atoms with E-state index in [4.69, 9.17) is 4.74 Å². The molecule has 21 heavy (non-hydrogen) atoms. The zero-order valence-corrected chi connectivity index (χ0v) is 12.7. The maximum Gasteiger partial charge on any atom is 0.223 e. The molecule has 0 bridgehead atoms. The van der Waals surface area contributed by atoms with Crippen molar-refractivity contribution in [2.75, 3.05) is 32.8 Å². The van der Waals surface area contributed by atoms with Crippen LogP contribution < -0.4 is 10.1 Å². The molecule has 0 spiro atoms. The molecular formula is C17H26N2O2. The number of rotatable bonds is 8. The van der Waals surface area contributed by atoms with Crippen molar-refractivity contribution >= 4 is 5.91 Å². The van der Waals surface area contributed by atoms with Crippen molar-refractivity contribution in [3.8, 4) is 5.75 Å². The molecule has 0 radical (unpaired) electrons. The Labute approximate surface area is 127 Å². The fraction of sp³-hybridized carbons (Fsp3) is 0.588. The molecule has 1 fully saturated rings. The van der Waals surface area contributed by atoms with Gasteiger partial charge >= 0.3 is 0 Å². The van der Waals surface area contributed by atoms with Gasteiger partial charge in [0.25, 0.3) is 0 Å². The molecule has 1 N–H and O–H groups in total. The van der Waals surface area contributed by atoms with E-state index in [2.05, 4.69) is 5.32 Å². The largest absolute Gasteiger partial charge is 0.494 e. The van der Waals surface area contributed by atoms with E-state index in [1.54, 1.807) is 0 Å². The van der Waals surface area contributed by atoms with Crippen LogP contribution in [0.1, 0.15) is 32.1 Å². The molecule has 4 heteroatoms. The Kier molecular flexibility index (Phi) is 7.08. The van der Waals surface area contributed by atoms with E-state index in [0.29, 0.717) is 18.9 Å². The third-order valence-corrected chi connectivity index (χ3v) is 3.73. The molecular weight excluding hydrogens is 264 g/mol. The number of nitrogens with zero attached hydrogens (tertiary/aromatic N) is 1. The number of hydrogen-bond acceptors (Lipinski definition) is 3. The van der Waals surface area contributed by atoms with Gasteiger partial charge in [-0.05, 0) is 44.4 Å². The first-order valence-electron chi connectivity index (χ1n) is 8.02. The predicted molar refractivity (Wildman–Crippen MR) is 84.5 cm³/mol. The standard InChI is InChI=1S/C17H26N2O2/c20-17(19-13-5-2-6-14-19)10-12-18-11-7-15-21-16-8-3-1-4-9-16/h1,3-4,8-9,18H,2,5-7,10-15H2. The van der Waals surface area contributed by atoms with Crippen molar-refractivity contribution in [3.05, 3.63) is 30.3 Å². The van der Waals surface area contributed by atoms with Crippen molar-refractivity contribution in [1.29, 1.82) is 0 Å². The zero-order chi connectivity index (χ0) is 14.8. The van der Waals surface area contributed by atoms with E-state index in [1.165, 1.54) is 6.42 Å². The van der Waals surface area contributed by atoms with Crippen LogP contribution in [0.4, 0.5) is 0 Å². The number of ether oxygens (including phenoxy) is 1. The average molecular weight is 290 g/mol. The van der Waals surface area contributed by atoms with Crippen molar-refractivity contribution in [1.82, 2.24) is 10.2 Å². The summed E-state index contributed by atoms with van der Waals surface area (Å²) < 4.78 is 5.61. The molecule has 0 saturated carbocycles. The van der Waals surface area contributed by atoms with Crippen LogP contribution in [0.2, 0.25) is 0 Å². The Hall–Kier alpha value is -1.55. The number of hydrogen-bond donors (Lipinski definition) is 1. The zero-order valence-electron chi connectivity index (χ0n) is 12.7. The number of carbonyl (C=O) groups excluding carboxylic acids is 1. The summed E-state index contributed by atoms with van der Waals surface area (Å²) in [5.41, 5.74) is 0. The fourth-order valence-corrected chi connectivity index (χ4v) is 2.53. The second-order valence-electron chi connectivity index (χ2n) is 5.46. The highest BCUT2D eigenvalue weighted by atomic mass is 16.5.